The molecule has 142 valence electrons. The lowest BCUT2D eigenvalue weighted by Gasteiger charge is -2.31. The molecule has 4 heterocycles. The molecule has 2 bridgehead atoms. The maximum absolute atomic E-state index is 12.9. The molecule has 2 aliphatic heterocycles. The van der Waals surface area contributed by atoms with Gasteiger partial charge in [-0.05, 0) is 23.9 Å². The molecule has 4 rings (SSSR count). The van der Waals surface area contributed by atoms with Crippen LogP contribution in [0.5, 0.6) is 0 Å². The van der Waals surface area contributed by atoms with E-state index in [1.165, 1.54) is 17.5 Å². The summed E-state index contributed by atoms with van der Waals surface area (Å²) in [4.78, 5) is 37.6. The van der Waals surface area contributed by atoms with E-state index in [9.17, 15) is 9.59 Å². The fourth-order valence-corrected chi connectivity index (χ4v) is 4.54. The van der Waals surface area contributed by atoms with Crippen molar-refractivity contribution in [3.63, 3.8) is 0 Å². The van der Waals surface area contributed by atoms with Gasteiger partial charge in [-0.25, -0.2) is 4.98 Å². The second-order valence-corrected chi connectivity index (χ2v) is 8.07. The monoisotopic (exact) mass is 386 g/mol. The van der Waals surface area contributed by atoms with E-state index in [1.807, 2.05) is 11.0 Å². The van der Waals surface area contributed by atoms with E-state index in [0.29, 0.717) is 32.0 Å². The summed E-state index contributed by atoms with van der Waals surface area (Å²) in [7, 11) is 0. The van der Waals surface area contributed by atoms with Crippen LogP contribution in [0.25, 0.3) is 0 Å². The van der Waals surface area contributed by atoms with E-state index in [2.05, 4.69) is 20.2 Å². The standard InChI is InChI=1S/C19H22N4O3S/c1-13(24)18-4-14(12-27-18)6-22-7-15-8-23(9-16(22)11-26-10-15)19(25)17-5-20-2-3-21-17/h2-5,12,15-16H,6-11H2,1H3/t15-,16+/m1/s1. The van der Waals surface area contributed by atoms with Gasteiger partial charge in [-0.3, -0.25) is 19.5 Å². The maximum Gasteiger partial charge on any atom is 0.274 e. The van der Waals surface area contributed by atoms with Crippen LogP contribution >= 0.6 is 11.3 Å². The summed E-state index contributed by atoms with van der Waals surface area (Å²) in [5, 5.41) is 2.05. The normalized spacial score (nSPS) is 23.1. The molecule has 0 aromatic carbocycles. The minimum atomic E-state index is -0.0729. The molecular weight excluding hydrogens is 364 g/mol. The smallest absolute Gasteiger partial charge is 0.274 e. The van der Waals surface area contributed by atoms with Crippen LogP contribution < -0.4 is 0 Å². The highest BCUT2D eigenvalue weighted by Crippen LogP contribution is 2.24. The predicted octanol–water partition coefficient (Wildman–Crippen LogP) is 1.71. The summed E-state index contributed by atoms with van der Waals surface area (Å²) in [5.74, 6) is 0.283. The average Bonchev–Trinajstić information content (AvgIpc) is 2.96. The van der Waals surface area contributed by atoms with E-state index in [1.54, 1.807) is 19.3 Å². The number of fused-ring (bicyclic) bond motifs is 3. The first kappa shape index (κ1) is 18.2. The van der Waals surface area contributed by atoms with E-state index in [4.69, 9.17) is 4.74 Å². The van der Waals surface area contributed by atoms with Crippen LogP contribution in [0.1, 0.15) is 32.6 Å². The minimum absolute atomic E-state index is 0.0729. The number of carbonyl (C=O) groups excluding carboxylic acids is 2. The lowest BCUT2D eigenvalue weighted by atomic mass is 10.1. The van der Waals surface area contributed by atoms with Gasteiger partial charge in [0.25, 0.3) is 5.91 Å². The Bertz CT molecular complexity index is 825. The molecule has 2 aliphatic rings. The van der Waals surface area contributed by atoms with Crippen molar-refractivity contribution in [3.8, 4) is 0 Å². The summed E-state index contributed by atoms with van der Waals surface area (Å²) in [5.41, 5.74) is 1.53. The van der Waals surface area contributed by atoms with Crippen molar-refractivity contribution in [2.24, 2.45) is 5.92 Å². The Morgan fingerprint density at radius 2 is 2.15 bits per heavy atom. The second kappa shape index (κ2) is 7.84. The van der Waals surface area contributed by atoms with Crippen molar-refractivity contribution in [1.82, 2.24) is 19.8 Å². The molecule has 2 aromatic heterocycles. The van der Waals surface area contributed by atoms with Crippen LogP contribution in [0.15, 0.2) is 30.0 Å². The van der Waals surface area contributed by atoms with Crippen molar-refractivity contribution in [2.75, 3.05) is 32.8 Å². The Labute approximate surface area is 162 Å². The highest BCUT2D eigenvalue weighted by molar-refractivity contribution is 7.12. The van der Waals surface area contributed by atoms with Crippen molar-refractivity contribution < 1.29 is 14.3 Å². The molecule has 0 unspecified atom stereocenters. The third-order valence-electron chi connectivity index (χ3n) is 5.04. The maximum atomic E-state index is 12.9. The predicted molar refractivity (Wildman–Crippen MR) is 101 cm³/mol. The Morgan fingerprint density at radius 1 is 1.26 bits per heavy atom. The van der Waals surface area contributed by atoms with Gasteiger partial charge in [-0.15, -0.1) is 11.3 Å². The topological polar surface area (TPSA) is 75.6 Å². The molecular formula is C19H22N4O3S. The largest absolute Gasteiger partial charge is 0.379 e. The zero-order valence-electron chi connectivity index (χ0n) is 15.2. The number of Topliss-reactive ketones (excluding diaryl/α,β-unsaturated/α-hetero) is 1. The summed E-state index contributed by atoms with van der Waals surface area (Å²) < 4.78 is 5.85. The number of nitrogens with zero attached hydrogens (tertiary/aromatic N) is 4. The van der Waals surface area contributed by atoms with Gasteiger partial charge in [-0.2, -0.15) is 0 Å². The average molecular weight is 386 g/mol. The molecule has 2 aromatic rings. The van der Waals surface area contributed by atoms with E-state index >= 15 is 0 Å². The summed E-state index contributed by atoms with van der Waals surface area (Å²) in [6, 6.07) is 2.10. The van der Waals surface area contributed by atoms with E-state index < -0.39 is 0 Å². The van der Waals surface area contributed by atoms with Crippen molar-refractivity contribution in [1.29, 1.82) is 0 Å². The molecule has 8 heteroatoms. The third kappa shape index (κ3) is 4.07. The second-order valence-electron chi connectivity index (χ2n) is 7.16. The first-order chi connectivity index (χ1) is 13.1. The van der Waals surface area contributed by atoms with Gasteiger partial charge in [0, 0.05) is 44.5 Å². The number of amides is 1. The lowest BCUT2D eigenvalue weighted by Crippen LogP contribution is -2.45. The van der Waals surface area contributed by atoms with Crippen LogP contribution in [0.3, 0.4) is 0 Å². The van der Waals surface area contributed by atoms with Gasteiger partial charge in [0.15, 0.2) is 5.78 Å². The quantitative estimate of drug-likeness (QED) is 0.745. The summed E-state index contributed by atoms with van der Waals surface area (Å²) in [6.45, 7) is 5.75. The lowest BCUT2D eigenvalue weighted by molar-refractivity contribution is 0.0402. The molecule has 0 aliphatic carbocycles. The Hall–Kier alpha value is -2.16. The van der Waals surface area contributed by atoms with Gasteiger partial charge in [0.05, 0.1) is 30.3 Å². The first-order valence-electron chi connectivity index (χ1n) is 9.05. The van der Waals surface area contributed by atoms with Gasteiger partial charge in [0.1, 0.15) is 5.69 Å². The van der Waals surface area contributed by atoms with Crippen LogP contribution in [0.2, 0.25) is 0 Å². The molecule has 7 nitrogen and oxygen atoms in total. The van der Waals surface area contributed by atoms with Crippen LogP contribution in [0, 0.1) is 5.92 Å². The van der Waals surface area contributed by atoms with Gasteiger partial charge in [-0.1, -0.05) is 0 Å². The van der Waals surface area contributed by atoms with Crippen LogP contribution in [-0.4, -0.2) is 70.3 Å². The number of ketones is 1. The van der Waals surface area contributed by atoms with E-state index in [0.717, 1.165) is 23.5 Å². The van der Waals surface area contributed by atoms with Gasteiger partial charge < -0.3 is 9.64 Å². The number of hydrogen-bond acceptors (Lipinski definition) is 7. The molecule has 0 spiro atoms. The molecule has 0 radical (unpaired) electrons. The molecule has 2 fully saturated rings. The van der Waals surface area contributed by atoms with Crippen molar-refractivity contribution in [3.05, 3.63) is 46.2 Å². The third-order valence-corrected chi connectivity index (χ3v) is 6.12. The Morgan fingerprint density at radius 3 is 2.89 bits per heavy atom. The number of carbonyl (C=O) groups is 2. The number of rotatable bonds is 4. The van der Waals surface area contributed by atoms with Crippen molar-refractivity contribution >= 4 is 23.0 Å². The number of thiophene rings is 1. The molecule has 27 heavy (non-hydrogen) atoms. The first-order valence-corrected chi connectivity index (χ1v) is 9.93. The molecule has 0 saturated carbocycles. The van der Waals surface area contributed by atoms with Crippen LogP contribution in [0.4, 0.5) is 0 Å². The Balaban J connectivity index is 1.51. The fourth-order valence-electron chi connectivity index (χ4n) is 3.74. The highest BCUT2D eigenvalue weighted by atomic mass is 32.1. The molecule has 1 amide bonds. The summed E-state index contributed by atoms with van der Waals surface area (Å²) in [6.07, 6.45) is 4.63. The number of aromatic nitrogens is 2. The Kier molecular flexibility index (Phi) is 5.29. The zero-order valence-corrected chi connectivity index (χ0v) is 16.0. The number of hydrogen-bond donors (Lipinski definition) is 0. The molecule has 0 N–H and O–H groups in total. The van der Waals surface area contributed by atoms with Gasteiger partial charge >= 0.3 is 0 Å². The number of ether oxygens (including phenoxy) is 1. The SMILES string of the molecule is CC(=O)c1cc(CN2C[C@H]3COC[C@@H]2CN(C(=O)c2cnccn2)C3)cs1. The minimum Gasteiger partial charge on any atom is -0.379 e. The zero-order chi connectivity index (χ0) is 18.8. The van der Waals surface area contributed by atoms with Crippen LogP contribution in [-0.2, 0) is 11.3 Å². The summed E-state index contributed by atoms with van der Waals surface area (Å²) >= 11 is 1.49. The van der Waals surface area contributed by atoms with Gasteiger partial charge in [0.2, 0.25) is 0 Å². The highest BCUT2D eigenvalue weighted by Gasteiger charge is 2.35. The molecule has 2 atom stereocenters. The van der Waals surface area contributed by atoms with Crippen molar-refractivity contribution in [2.45, 2.75) is 19.5 Å². The molecule has 2 saturated heterocycles. The van der Waals surface area contributed by atoms with E-state index in [-0.39, 0.29) is 23.7 Å². The fraction of sp³-hybridized carbons (Fsp3) is 0.474.